The van der Waals surface area contributed by atoms with E-state index in [0.29, 0.717) is 5.92 Å². The van der Waals surface area contributed by atoms with E-state index in [1.807, 2.05) is 13.8 Å². The Kier molecular flexibility index (Phi) is 4.80. The van der Waals surface area contributed by atoms with Gasteiger partial charge in [-0.2, -0.15) is 0 Å². The number of hydrazine groups is 1. The molecule has 3 aliphatic rings. The van der Waals surface area contributed by atoms with E-state index in [9.17, 15) is 8.42 Å². The first-order valence-corrected chi connectivity index (χ1v) is 9.84. The fourth-order valence-corrected chi connectivity index (χ4v) is 4.34. The molecular formula is C18H25N3O2S. The summed E-state index contributed by atoms with van der Waals surface area (Å²) >= 11 is 0. The molecular weight excluding hydrogens is 322 g/mol. The molecule has 1 fully saturated rings. The first-order valence-electron chi connectivity index (χ1n) is 8.35. The summed E-state index contributed by atoms with van der Waals surface area (Å²) in [6, 6.07) is 7.11. The molecule has 2 unspecified atom stereocenters. The topological polar surface area (TPSA) is 61.4 Å². The maximum atomic E-state index is 12.5. The van der Waals surface area contributed by atoms with Crippen molar-refractivity contribution in [1.82, 2.24) is 15.2 Å². The van der Waals surface area contributed by atoms with Crippen molar-refractivity contribution in [1.29, 1.82) is 0 Å². The average Bonchev–Trinajstić information content (AvgIpc) is 2.56. The van der Waals surface area contributed by atoms with Crippen LogP contribution in [0.4, 0.5) is 0 Å². The number of likely N-dealkylation sites (N-methyl/N-ethyl adjacent to an activating group) is 1. The van der Waals surface area contributed by atoms with E-state index in [0.717, 1.165) is 30.6 Å². The molecule has 6 heteroatoms. The lowest BCUT2D eigenvalue weighted by Crippen LogP contribution is -2.46. The van der Waals surface area contributed by atoms with Gasteiger partial charge in [-0.05, 0) is 50.4 Å². The Labute approximate surface area is 144 Å². The van der Waals surface area contributed by atoms with E-state index in [1.54, 1.807) is 24.3 Å². The first-order chi connectivity index (χ1) is 11.4. The second kappa shape index (κ2) is 6.70. The van der Waals surface area contributed by atoms with Gasteiger partial charge in [-0.3, -0.25) is 4.90 Å². The lowest BCUT2D eigenvalue weighted by molar-refractivity contribution is 0.217. The van der Waals surface area contributed by atoms with Crippen LogP contribution in [0.3, 0.4) is 0 Å². The standard InChI is InChI=1S/C18H25N3O2S/c1-4-17(16-11-14-7-10-18(16)21(3)12-14)19-20-24(22,23)15-8-5-13(2)6-9-15/h5-10,14,18-20H,4,11-12H2,1-3H3/b17-16-. The predicted molar refractivity (Wildman–Crippen MR) is 95.6 cm³/mol. The number of rotatable bonds is 5. The third-order valence-corrected chi connectivity index (χ3v) is 6.07. The van der Waals surface area contributed by atoms with Crippen molar-refractivity contribution >= 4 is 10.0 Å². The van der Waals surface area contributed by atoms with E-state index in [-0.39, 0.29) is 10.9 Å². The minimum atomic E-state index is -3.57. The second-order valence-electron chi connectivity index (χ2n) is 6.63. The van der Waals surface area contributed by atoms with Crippen LogP contribution in [0.15, 0.2) is 52.6 Å². The summed E-state index contributed by atoms with van der Waals surface area (Å²) < 4.78 is 24.9. The molecule has 0 radical (unpaired) electrons. The molecule has 130 valence electrons. The highest BCUT2D eigenvalue weighted by molar-refractivity contribution is 7.89. The SMILES string of the molecule is CC/C(NNS(=O)(=O)c1ccc(C)cc1)=C1\CC2C=CC1N(C)C2. The molecule has 0 saturated carbocycles. The molecule has 4 rings (SSSR count). The van der Waals surface area contributed by atoms with Gasteiger partial charge in [0.25, 0.3) is 10.0 Å². The number of sulfonamides is 1. The van der Waals surface area contributed by atoms with Crippen LogP contribution in [0, 0.1) is 12.8 Å². The molecule has 2 aliphatic heterocycles. The fraction of sp³-hybridized carbons (Fsp3) is 0.444. The van der Waals surface area contributed by atoms with Crippen LogP contribution in [-0.4, -0.2) is 33.0 Å². The zero-order chi connectivity index (χ0) is 17.3. The van der Waals surface area contributed by atoms with Crippen molar-refractivity contribution < 1.29 is 8.42 Å². The maximum Gasteiger partial charge on any atom is 0.257 e. The summed E-state index contributed by atoms with van der Waals surface area (Å²) in [4.78, 5) is 5.12. The van der Waals surface area contributed by atoms with E-state index in [1.165, 1.54) is 5.57 Å². The smallest absolute Gasteiger partial charge is 0.257 e. The summed E-state index contributed by atoms with van der Waals surface area (Å²) in [6.45, 7) is 5.04. The monoisotopic (exact) mass is 347 g/mol. The van der Waals surface area contributed by atoms with Crippen molar-refractivity contribution in [3.05, 3.63) is 53.3 Å². The summed E-state index contributed by atoms with van der Waals surface area (Å²) in [6.07, 6.45) is 6.25. The van der Waals surface area contributed by atoms with Crippen molar-refractivity contribution in [2.45, 2.75) is 37.6 Å². The molecule has 1 aromatic carbocycles. The lowest BCUT2D eigenvalue weighted by Gasteiger charge is -2.42. The molecule has 1 aliphatic carbocycles. The molecule has 2 N–H and O–H groups in total. The third-order valence-electron chi connectivity index (χ3n) is 4.81. The van der Waals surface area contributed by atoms with Crippen LogP contribution in [0.2, 0.25) is 0 Å². The minimum absolute atomic E-state index is 0.265. The lowest BCUT2D eigenvalue weighted by atomic mass is 9.81. The number of nitrogens with one attached hydrogen (secondary N) is 2. The Bertz CT molecular complexity index is 766. The zero-order valence-corrected chi connectivity index (χ0v) is 15.2. The van der Waals surface area contributed by atoms with Crippen LogP contribution < -0.4 is 10.3 Å². The molecule has 2 bridgehead atoms. The zero-order valence-electron chi connectivity index (χ0n) is 14.4. The van der Waals surface area contributed by atoms with Gasteiger partial charge in [-0.15, -0.1) is 4.83 Å². The van der Waals surface area contributed by atoms with E-state index >= 15 is 0 Å². The largest absolute Gasteiger partial charge is 0.312 e. The molecule has 24 heavy (non-hydrogen) atoms. The van der Waals surface area contributed by atoms with Gasteiger partial charge in [0.15, 0.2) is 0 Å². The highest BCUT2D eigenvalue weighted by Gasteiger charge is 2.32. The van der Waals surface area contributed by atoms with Crippen molar-refractivity contribution in [2.75, 3.05) is 13.6 Å². The number of allylic oxidation sites excluding steroid dienone is 1. The molecule has 0 amide bonds. The highest BCUT2D eigenvalue weighted by Crippen LogP contribution is 2.34. The molecule has 2 atom stereocenters. The van der Waals surface area contributed by atoms with Crippen molar-refractivity contribution in [3.8, 4) is 0 Å². The fourth-order valence-electron chi connectivity index (χ4n) is 3.47. The van der Waals surface area contributed by atoms with Gasteiger partial charge in [-0.25, -0.2) is 8.42 Å². The van der Waals surface area contributed by atoms with Gasteiger partial charge in [0.2, 0.25) is 0 Å². The van der Waals surface area contributed by atoms with Crippen LogP contribution >= 0.6 is 0 Å². The van der Waals surface area contributed by atoms with Crippen molar-refractivity contribution in [2.24, 2.45) is 5.92 Å². The Hall–Kier alpha value is -1.63. The molecule has 0 spiro atoms. The Morgan fingerprint density at radius 1 is 1.25 bits per heavy atom. The summed E-state index contributed by atoms with van der Waals surface area (Å²) in [5, 5.41) is 0. The number of nitrogens with zero attached hydrogens (tertiary/aromatic N) is 1. The first kappa shape index (κ1) is 17.2. The number of fused-ring (bicyclic) bond motifs is 2. The Balaban J connectivity index is 1.78. The Morgan fingerprint density at radius 3 is 2.54 bits per heavy atom. The van der Waals surface area contributed by atoms with E-state index in [2.05, 4.69) is 34.4 Å². The predicted octanol–water partition coefficient (Wildman–Crippen LogP) is 2.33. The normalized spacial score (nSPS) is 25.8. The van der Waals surface area contributed by atoms with E-state index < -0.39 is 10.0 Å². The number of piperidine rings is 1. The summed E-state index contributed by atoms with van der Waals surface area (Å²) in [5.74, 6) is 0.520. The molecule has 5 nitrogen and oxygen atoms in total. The molecule has 1 saturated heterocycles. The van der Waals surface area contributed by atoms with Gasteiger partial charge in [0, 0.05) is 12.2 Å². The van der Waals surface area contributed by atoms with Crippen LogP contribution in [-0.2, 0) is 10.0 Å². The number of aryl methyl sites for hydroxylation is 1. The number of benzene rings is 1. The van der Waals surface area contributed by atoms with Gasteiger partial charge in [-0.1, -0.05) is 36.8 Å². The van der Waals surface area contributed by atoms with E-state index in [4.69, 9.17) is 0 Å². The third kappa shape index (κ3) is 3.41. The summed E-state index contributed by atoms with van der Waals surface area (Å²) in [7, 11) is -1.46. The average molecular weight is 347 g/mol. The molecule has 2 heterocycles. The quantitative estimate of drug-likeness (QED) is 0.634. The van der Waals surface area contributed by atoms with Gasteiger partial charge >= 0.3 is 0 Å². The van der Waals surface area contributed by atoms with Gasteiger partial charge in [0.05, 0.1) is 10.9 Å². The molecule has 1 aromatic rings. The molecule has 0 aromatic heterocycles. The van der Waals surface area contributed by atoms with Crippen LogP contribution in [0.25, 0.3) is 0 Å². The minimum Gasteiger partial charge on any atom is -0.312 e. The van der Waals surface area contributed by atoms with Crippen molar-refractivity contribution in [3.63, 3.8) is 0 Å². The van der Waals surface area contributed by atoms with Gasteiger partial charge in [0.1, 0.15) is 0 Å². The van der Waals surface area contributed by atoms with Crippen LogP contribution in [0.5, 0.6) is 0 Å². The summed E-state index contributed by atoms with van der Waals surface area (Å²) in [5.41, 5.74) is 6.26. The van der Waals surface area contributed by atoms with Gasteiger partial charge < -0.3 is 5.43 Å². The number of hydrogen-bond donors (Lipinski definition) is 2. The maximum absolute atomic E-state index is 12.5. The number of hydrogen-bond acceptors (Lipinski definition) is 4. The highest BCUT2D eigenvalue weighted by atomic mass is 32.2. The second-order valence-corrected chi connectivity index (χ2v) is 8.32. The Morgan fingerprint density at radius 2 is 1.96 bits per heavy atom. The van der Waals surface area contributed by atoms with Crippen LogP contribution in [0.1, 0.15) is 25.3 Å².